The van der Waals surface area contributed by atoms with Gasteiger partial charge in [0.25, 0.3) is 0 Å². The number of allylic oxidation sites excluding steroid dienone is 1. The SMILES string of the molecule is N#Cc1ccc(NC(=O)CC(=O)NCCC2=CCCCC2)cc1. The molecular weight excluding hydrogens is 290 g/mol. The topological polar surface area (TPSA) is 82.0 Å². The number of amides is 2. The number of benzene rings is 1. The van der Waals surface area contributed by atoms with E-state index in [4.69, 9.17) is 5.26 Å². The normalized spacial score (nSPS) is 13.6. The van der Waals surface area contributed by atoms with Crippen molar-refractivity contribution in [1.82, 2.24) is 5.32 Å². The summed E-state index contributed by atoms with van der Waals surface area (Å²) in [7, 11) is 0. The van der Waals surface area contributed by atoms with E-state index in [0.717, 1.165) is 19.3 Å². The Bertz CT molecular complexity index is 627. The smallest absolute Gasteiger partial charge is 0.233 e. The molecule has 2 N–H and O–H groups in total. The monoisotopic (exact) mass is 311 g/mol. The van der Waals surface area contributed by atoms with Crippen LogP contribution >= 0.6 is 0 Å². The Morgan fingerprint density at radius 3 is 2.57 bits per heavy atom. The van der Waals surface area contributed by atoms with Gasteiger partial charge in [-0.3, -0.25) is 9.59 Å². The first kappa shape index (κ1) is 16.8. The molecule has 120 valence electrons. The van der Waals surface area contributed by atoms with Crippen molar-refractivity contribution in [2.75, 3.05) is 11.9 Å². The van der Waals surface area contributed by atoms with E-state index in [1.54, 1.807) is 24.3 Å². The fourth-order valence-corrected chi connectivity index (χ4v) is 2.54. The number of nitrogens with zero attached hydrogens (tertiary/aromatic N) is 1. The maximum absolute atomic E-state index is 11.8. The highest BCUT2D eigenvalue weighted by atomic mass is 16.2. The lowest BCUT2D eigenvalue weighted by molar-refractivity contribution is -0.126. The molecule has 5 heteroatoms. The van der Waals surface area contributed by atoms with Crippen LogP contribution in [-0.2, 0) is 9.59 Å². The maximum atomic E-state index is 11.8. The van der Waals surface area contributed by atoms with E-state index in [1.165, 1.54) is 18.4 Å². The Kier molecular flexibility index (Phi) is 6.37. The Balaban J connectivity index is 1.68. The highest BCUT2D eigenvalue weighted by Gasteiger charge is 2.10. The van der Waals surface area contributed by atoms with Crippen molar-refractivity contribution < 1.29 is 9.59 Å². The second-order valence-corrected chi connectivity index (χ2v) is 5.62. The van der Waals surface area contributed by atoms with Crippen molar-refractivity contribution >= 4 is 17.5 Å². The minimum atomic E-state index is -0.357. The standard InChI is InChI=1S/C18H21N3O2/c19-13-15-6-8-16(9-7-15)21-18(23)12-17(22)20-11-10-14-4-2-1-3-5-14/h4,6-9H,1-3,5,10-12H2,(H,20,22)(H,21,23). The summed E-state index contributed by atoms with van der Waals surface area (Å²) in [5.74, 6) is -0.628. The summed E-state index contributed by atoms with van der Waals surface area (Å²) in [5, 5.41) is 14.1. The number of rotatable bonds is 6. The van der Waals surface area contributed by atoms with Crippen LogP contribution in [-0.4, -0.2) is 18.4 Å². The number of carbonyl (C=O) groups excluding carboxylic acids is 2. The molecule has 0 fully saturated rings. The van der Waals surface area contributed by atoms with Gasteiger partial charge in [-0.15, -0.1) is 0 Å². The van der Waals surface area contributed by atoms with E-state index in [2.05, 4.69) is 16.7 Å². The van der Waals surface area contributed by atoms with Crippen LogP contribution in [0.1, 0.15) is 44.1 Å². The molecule has 0 spiro atoms. The highest BCUT2D eigenvalue weighted by molar-refractivity contribution is 6.03. The summed E-state index contributed by atoms with van der Waals surface area (Å²) in [6.45, 7) is 0.578. The summed E-state index contributed by atoms with van der Waals surface area (Å²) in [5.41, 5.74) is 2.51. The number of nitrogens with one attached hydrogen (secondary N) is 2. The molecular formula is C18H21N3O2. The van der Waals surface area contributed by atoms with Gasteiger partial charge in [0, 0.05) is 12.2 Å². The molecule has 0 aliphatic heterocycles. The summed E-state index contributed by atoms with van der Waals surface area (Å²) in [6, 6.07) is 8.53. The van der Waals surface area contributed by atoms with Crippen molar-refractivity contribution in [2.45, 2.75) is 38.5 Å². The van der Waals surface area contributed by atoms with Crippen LogP contribution in [0.25, 0.3) is 0 Å². The van der Waals surface area contributed by atoms with Crippen molar-refractivity contribution in [1.29, 1.82) is 5.26 Å². The van der Waals surface area contributed by atoms with Gasteiger partial charge in [-0.2, -0.15) is 5.26 Å². The number of anilines is 1. The molecule has 1 aliphatic rings. The molecule has 0 atom stereocenters. The molecule has 0 saturated carbocycles. The molecule has 0 aromatic heterocycles. The Morgan fingerprint density at radius 1 is 1.13 bits per heavy atom. The Labute approximate surface area is 136 Å². The predicted octanol–water partition coefficient (Wildman–Crippen LogP) is 2.89. The third-order valence-corrected chi connectivity index (χ3v) is 3.77. The third-order valence-electron chi connectivity index (χ3n) is 3.77. The van der Waals surface area contributed by atoms with Crippen molar-refractivity contribution in [3.8, 4) is 6.07 Å². The maximum Gasteiger partial charge on any atom is 0.233 e. The molecule has 1 aromatic carbocycles. The molecule has 0 bridgehead atoms. The lowest BCUT2D eigenvalue weighted by atomic mass is 9.97. The van der Waals surface area contributed by atoms with Gasteiger partial charge in [0.2, 0.25) is 11.8 Å². The van der Waals surface area contributed by atoms with Crippen LogP contribution in [0.4, 0.5) is 5.69 Å². The lowest BCUT2D eigenvalue weighted by Crippen LogP contribution is -2.29. The van der Waals surface area contributed by atoms with Gasteiger partial charge < -0.3 is 10.6 Å². The molecule has 1 aliphatic carbocycles. The first-order chi connectivity index (χ1) is 11.2. The largest absolute Gasteiger partial charge is 0.355 e. The molecule has 5 nitrogen and oxygen atoms in total. The summed E-state index contributed by atoms with van der Waals surface area (Å²) < 4.78 is 0. The first-order valence-corrected chi connectivity index (χ1v) is 7.92. The van der Waals surface area contributed by atoms with Gasteiger partial charge in [0.15, 0.2) is 0 Å². The van der Waals surface area contributed by atoms with E-state index in [0.29, 0.717) is 17.8 Å². The lowest BCUT2D eigenvalue weighted by Gasteiger charge is -2.13. The summed E-state index contributed by atoms with van der Waals surface area (Å²) in [4.78, 5) is 23.5. The molecule has 0 radical (unpaired) electrons. The second kappa shape index (κ2) is 8.74. The van der Waals surface area contributed by atoms with Crippen molar-refractivity contribution in [2.24, 2.45) is 0 Å². The van der Waals surface area contributed by atoms with Gasteiger partial charge in [0.1, 0.15) is 6.42 Å². The van der Waals surface area contributed by atoms with Gasteiger partial charge in [-0.25, -0.2) is 0 Å². The van der Waals surface area contributed by atoms with E-state index in [-0.39, 0.29) is 18.2 Å². The second-order valence-electron chi connectivity index (χ2n) is 5.62. The quantitative estimate of drug-likeness (QED) is 0.626. The molecule has 0 heterocycles. The van der Waals surface area contributed by atoms with Crippen LogP contribution in [0.2, 0.25) is 0 Å². The summed E-state index contributed by atoms with van der Waals surface area (Å²) >= 11 is 0. The van der Waals surface area contributed by atoms with Gasteiger partial charge in [0.05, 0.1) is 11.6 Å². The molecule has 0 unspecified atom stereocenters. The van der Waals surface area contributed by atoms with Crippen LogP contribution in [0.5, 0.6) is 0 Å². The van der Waals surface area contributed by atoms with Gasteiger partial charge >= 0.3 is 0 Å². The zero-order chi connectivity index (χ0) is 16.5. The third kappa shape index (κ3) is 5.95. The van der Waals surface area contributed by atoms with Crippen LogP contribution in [0.15, 0.2) is 35.9 Å². The van der Waals surface area contributed by atoms with Crippen LogP contribution in [0, 0.1) is 11.3 Å². The highest BCUT2D eigenvalue weighted by Crippen LogP contribution is 2.19. The Hall–Kier alpha value is -2.61. The molecule has 0 saturated heterocycles. The molecule has 23 heavy (non-hydrogen) atoms. The molecule has 1 aromatic rings. The Morgan fingerprint density at radius 2 is 1.91 bits per heavy atom. The number of carbonyl (C=O) groups is 2. The van der Waals surface area contributed by atoms with E-state index < -0.39 is 0 Å². The fraction of sp³-hybridized carbons (Fsp3) is 0.389. The van der Waals surface area contributed by atoms with Crippen molar-refractivity contribution in [3.63, 3.8) is 0 Å². The summed E-state index contributed by atoms with van der Waals surface area (Å²) in [6.07, 6.45) is 7.67. The fourth-order valence-electron chi connectivity index (χ4n) is 2.54. The van der Waals surface area contributed by atoms with E-state index in [9.17, 15) is 9.59 Å². The minimum absolute atomic E-state index is 0.195. The zero-order valence-corrected chi connectivity index (χ0v) is 13.1. The van der Waals surface area contributed by atoms with Crippen LogP contribution < -0.4 is 10.6 Å². The van der Waals surface area contributed by atoms with E-state index in [1.807, 2.05) is 6.07 Å². The molecule has 2 rings (SSSR count). The first-order valence-electron chi connectivity index (χ1n) is 7.92. The number of hydrogen-bond donors (Lipinski definition) is 2. The van der Waals surface area contributed by atoms with Crippen LogP contribution in [0.3, 0.4) is 0 Å². The average molecular weight is 311 g/mol. The van der Waals surface area contributed by atoms with Crippen molar-refractivity contribution in [3.05, 3.63) is 41.5 Å². The molecule has 2 amide bonds. The van der Waals surface area contributed by atoms with Gasteiger partial charge in [-0.05, 0) is 56.4 Å². The zero-order valence-electron chi connectivity index (χ0n) is 13.1. The number of nitriles is 1. The number of hydrogen-bond acceptors (Lipinski definition) is 3. The van der Waals surface area contributed by atoms with Gasteiger partial charge in [-0.1, -0.05) is 11.6 Å². The predicted molar refractivity (Wildman–Crippen MR) is 88.6 cm³/mol. The van der Waals surface area contributed by atoms with E-state index >= 15 is 0 Å². The average Bonchev–Trinajstić information content (AvgIpc) is 2.56. The minimum Gasteiger partial charge on any atom is -0.355 e.